The summed E-state index contributed by atoms with van der Waals surface area (Å²) in [5.41, 5.74) is 0.133. The highest BCUT2D eigenvalue weighted by Crippen LogP contribution is 2.68. The third kappa shape index (κ3) is 3.96. The van der Waals surface area contributed by atoms with Crippen molar-refractivity contribution in [3.05, 3.63) is 0 Å². The third-order valence-electron chi connectivity index (χ3n) is 11.2. The summed E-state index contributed by atoms with van der Waals surface area (Å²) in [5.74, 6) is 2.49. The smallest absolute Gasteiger partial charge is 0.306 e. The molecule has 32 heavy (non-hydrogen) atoms. The van der Waals surface area contributed by atoms with E-state index in [1.807, 2.05) is 13.8 Å². The highest BCUT2D eigenvalue weighted by atomic mass is 16.5. The van der Waals surface area contributed by atoms with Gasteiger partial charge in [-0.15, -0.1) is 0 Å². The van der Waals surface area contributed by atoms with Gasteiger partial charge in [0.25, 0.3) is 0 Å². The summed E-state index contributed by atoms with van der Waals surface area (Å²) in [6.07, 6.45) is 10.7. The van der Waals surface area contributed by atoms with E-state index in [0.717, 1.165) is 38.5 Å². The average Bonchev–Trinajstić information content (AvgIpc) is 3.11. The first-order chi connectivity index (χ1) is 15.1. The molecule has 0 radical (unpaired) electrons. The molecule has 4 fully saturated rings. The van der Waals surface area contributed by atoms with E-state index in [9.17, 15) is 15.0 Å². The molecular weight excluding hydrogens is 400 g/mol. The number of carbonyl (C=O) groups is 1. The van der Waals surface area contributed by atoms with Gasteiger partial charge in [0.15, 0.2) is 0 Å². The molecule has 0 aromatic carbocycles. The highest BCUT2D eigenvalue weighted by Gasteiger charge is 2.65. The van der Waals surface area contributed by atoms with Crippen LogP contribution in [0.15, 0.2) is 0 Å². The number of ether oxygens (including phenoxy) is 1. The monoisotopic (exact) mass is 448 g/mol. The molecule has 0 amide bonds. The lowest BCUT2D eigenvalue weighted by Crippen LogP contribution is -2.61. The number of carbonyl (C=O) groups excluding carboxylic acids is 1. The molecule has 184 valence electrons. The molecule has 4 heteroatoms. The molecule has 0 heterocycles. The predicted octanol–water partition coefficient (Wildman–Crippen LogP) is 5.74. The summed E-state index contributed by atoms with van der Waals surface area (Å²) in [4.78, 5) is 12.3. The molecule has 4 aliphatic rings. The van der Waals surface area contributed by atoms with Gasteiger partial charge in [-0.05, 0) is 105 Å². The lowest BCUT2D eigenvalue weighted by atomic mass is 9.43. The predicted molar refractivity (Wildman–Crippen MR) is 127 cm³/mol. The van der Waals surface area contributed by atoms with Crippen molar-refractivity contribution in [1.29, 1.82) is 0 Å². The van der Waals surface area contributed by atoms with E-state index in [2.05, 4.69) is 20.8 Å². The number of esters is 1. The van der Waals surface area contributed by atoms with Crippen LogP contribution in [0, 0.1) is 46.3 Å². The van der Waals surface area contributed by atoms with Crippen molar-refractivity contribution in [1.82, 2.24) is 0 Å². The minimum absolute atomic E-state index is 0.0129. The van der Waals surface area contributed by atoms with Crippen LogP contribution >= 0.6 is 0 Å². The van der Waals surface area contributed by atoms with Gasteiger partial charge in [0.05, 0.1) is 18.3 Å². The Morgan fingerprint density at radius 3 is 2.53 bits per heavy atom. The summed E-state index contributed by atoms with van der Waals surface area (Å²) >= 11 is 0. The largest absolute Gasteiger partial charge is 0.463 e. The Labute approximate surface area is 195 Å². The van der Waals surface area contributed by atoms with Crippen molar-refractivity contribution in [3.8, 4) is 0 Å². The fourth-order valence-corrected chi connectivity index (χ4v) is 9.10. The zero-order valence-electron chi connectivity index (χ0n) is 21.2. The second-order valence-electron chi connectivity index (χ2n) is 12.6. The number of rotatable bonds is 6. The first-order valence-electron chi connectivity index (χ1n) is 13.7. The van der Waals surface area contributed by atoms with Crippen LogP contribution in [0.5, 0.6) is 0 Å². The fraction of sp³-hybridized carbons (Fsp3) is 0.964. The van der Waals surface area contributed by atoms with Gasteiger partial charge in [-0.25, -0.2) is 0 Å². The quantitative estimate of drug-likeness (QED) is 0.509. The van der Waals surface area contributed by atoms with E-state index < -0.39 is 0 Å². The molecule has 4 rings (SSSR count). The Bertz CT molecular complexity index is 678. The lowest BCUT2D eigenvalue weighted by molar-refractivity contribution is -0.201. The molecule has 0 aliphatic heterocycles. The van der Waals surface area contributed by atoms with Crippen molar-refractivity contribution in [2.24, 2.45) is 46.3 Å². The van der Waals surface area contributed by atoms with Crippen LogP contribution < -0.4 is 0 Å². The standard InChI is InChI=1S/C28H48O4/c1-6-18(3)32-25(31)13-10-17(2)20-11-12-21-26-22(16-24(30)28(20,21)5)27(4)14-8-7-9-19(27)15-23(26)29/h17-24,26,29-30H,6-16H2,1-5H3. The summed E-state index contributed by atoms with van der Waals surface area (Å²) in [5, 5.41) is 23.0. The molecule has 0 bridgehead atoms. The van der Waals surface area contributed by atoms with Gasteiger partial charge in [0.1, 0.15) is 0 Å². The second-order valence-corrected chi connectivity index (χ2v) is 12.6. The molecule has 11 atom stereocenters. The Hall–Kier alpha value is -0.610. The fourth-order valence-electron chi connectivity index (χ4n) is 9.10. The van der Waals surface area contributed by atoms with Gasteiger partial charge >= 0.3 is 5.97 Å². The van der Waals surface area contributed by atoms with Gasteiger partial charge in [-0.3, -0.25) is 4.79 Å². The molecule has 0 aromatic rings. The molecule has 11 unspecified atom stereocenters. The zero-order chi connectivity index (χ0) is 23.3. The third-order valence-corrected chi connectivity index (χ3v) is 11.2. The van der Waals surface area contributed by atoms with Gasteiger partial charge in [-0.2, -0.15) is 0 Å². The topological polar surface area (TPSA) is 66.8 Å². The Kier molecular flexibility index (Phi) is 7.05. The van der Waals surface area contributed by atoms with Crippen molar-refractivity contribution < 1.29 is 19.7 Å². The molecule has 4 nitrogen and oxygen atoms in total. The molecule has 4 saturated carbocycles. The number of fused-ring (bicyclic) bond motifs is 5. The van der Waals surface area contributed by atoms with E-state index in [0.29, 0.717) is 41.9 Å². The van der Waals surface area contributed by atoms with Crippen LogP contribution in [0.4, 0.5) is 0 Å². The van der Waals surface area contributed by atoms with E-state index in [-0.39, 0.29) is 35.1 Å². The Balaban J connectivity index is 1.49. The SMILES string of the molecule is CCC(C)OC(=O)CCC(C)C1CCC2C3C(O)CC4CCCCC4(C)C3CC(O)C12C. The van der Waals surface area contributed by atoms with E-state index in [4.69, 9.17) is 4.74 Å². The minimum atomic E-state index is -0.305. The first kappa shape index (κ1) is 24.5. The number of hydrogen-bond donors (Lipinski definition) is 2. The van der Waals surface area contributed by atoms with Crippen LogP contribution in [-0.4, -0.2) is 34.5 Å². The van der Waals surface area contributed by atoms with Crippen LogP contribution in [0.2, 0.25) is 0 Å². The summed E-state index contributed by atoms with van der Waals surface area (Å²) in [6, 6.07) is 0. The first-order valence-corrected chi connectivity index (χ1v) is 13.7. The summed E-state index contributed by atoms with van der Waals surface area (Å²) in [6.45, 7) is 11.0. The molecule has 0 spiro atoms. The van der Waals surface area contributed by atoms with Gasteiger partial charge in [0.2, 0.25) is 0 Å². The van der Waals surface area contributed by atoms with E-state index >= 15 is 0 Å². The average molecular weight is 449 g/mol. The molecule has 0 saturated heterocycles. The summed E-state index contributed by atoms with van der Waals surface area (Å²) < 4.78 is 5.49. The zero-order valence-corrected chi connectivity index (χ0v) is 21.2. The molecule has 2 N–H and O–H groups in total. The maximum absolute atomic E-state index is 12.3. The normalized spacial score (nSPS) is 47.7. The van der Waals surface area contributed by atoms with E-state index in [1.54, 1.807) is 0 Å². The van der Waals surface area contributed by atoms with Crippen molar-refractivity contribution in [2.75, 3.05) is 0 Å². The van der Waals surface area contributed by atoms with Crippen molar-refractivity contribution in [2.45, 2.75) is 124 Å². The molecular formula is C28H48O4. The second kappa shape index (κ2) is 9.21. The maximum Gasteiger partial charge on any atom is 0.306 e. The Morgan fingerprint density at radius 2 is 1.81 bits per heavy atom. The number of hydrogen-bond acceptors (Lipinski definition) is 4. The van der Waals surface area contributed by atoms with Crippen LogP contribution in [0.25, 0.3) is 0 Å². The van der Waals surface area contributed by atoms with Crippen LogP contribution in [0.1, 0.15) is 105 Å². The Morgan fingerprint density at radius 1 is 1.06 bits per heavy atom. The molecule has 0 aromatic heterocycles. The van der Waals surface area contributed by atoms with Crippen molar-refractivity contribution in [3.63, 3.8) is 0 Å². The van der Waals surface area contributed by atoms with Crippen molar-refractivity contribution >= 4 is 5.97 Å². The van der Waals surface area contributed by atoms with Crippen LogP contribution in [-0.2, 0) is 9.53 Å². The lowest BCUT2D eigenvalue weighted by Gasteiger charge is -2.63. The van der Waals surface area contributed by atoms with Gasteiger partial charge < -0.3 is 14.9 Å². The molecule has 4 aliphatic carbocycles. The maximum atomic E-state index is 12.3. The van der Waals surface area contributed by atoms with Gasteiger partial charge in [-0.1, -0.05) is 40.5 Å². The number of aliphatic hydroxyl groups is 2. The number of aliphatic hydroxyl groups excluding tert-OH is 2. The summed E-state index contributed by atoms with van der Waals surface area (Å²) in [7, 11) is 0. The highest BCUT2D eigenvalue weighted by molar-refractivity contribution is 5.69. The van der Waals surface area contributed by atoms with Gasteiger partial charge in [0, 0.05) is 6.42 Å². The van der Waals surface area contributed by atoms with E-state index in [1.165, 1.54) is 25.7 Å². The minimum Gasteiger partial charge on any atom is -0.463 e. The van der Waals surface area contributed by atoms with Crippen LogP contribution in [0.3, 0.4) is 0 Å².